The molecule has 0 atom stereocenters. The summed E-state index contributed by atoms with van der Waals surface area (Å²) in [7, 11) is 0. The molecule has 1 heterocycles. The lowest BCUT2D eigenvalue weighted by Crippen LogP contribution is -2.36. The lowest BCUT2D eigenvalue weighted by Gasteiger charge is -2.38. The molecule has 1 aliphatic carbocycles. The van der Waals surface area contributed by atoms with Gasteiger partial charge in [-0.3, -0.25) is 10.2 Å². The molecule has 0 saturated carbocycles. The molecule has 1 aliphatic rings. The molecular weight excluding hydrogens is 372 g/mol. The first kappa shape index (κ1) is 18.2. The van der Waals surface area contributed by atoms with Gasteiger partial charge in [-0.1, -0.05) is 72.0 Å². The number of nitrogens with two attached hydrogens (primary N) is 1. The third-order valence-corrected chi connectivity index (χ3v) is 6.28. The molecule has 0 saturated heterocycles. The smallest absolute Gasteiger partial charge is 0.321 e. The second kappa shape index (κ2) is 7.44. The van der Waals surface area contributed by atoms with Gasteiger partial charge < -0.3 is 10.6 Å². The summed E-state index contributed by atoms with van der Waals surface area (Å²) in [6, 6.07) is 21.1. The van der Waals surface area contributed by atoms with Crippen LogP contribution < -0.4 is 10.8 Å². The zero-order valence-corrected chi connectivity index (χ0v) is 16.0. The summed E-state index contributed by atoms with van der Waals surface area (Å²) in [4.78, 5) is 21.3. The number of carbonyl (C=O) groups excluding carboxylic acids is 1. The van der Waals surface area contributed by atoms with Crippen molar-refractivity contribution in [2.24, 2.45) is 5.73 Å². The second-order valence-electron chi connectivity index (χ2n) is 6.74. The summed E-state index contributed by atoms with van der Waals surface area (Å²) < 4.78 is 0. The van der Waals surface area contributed by atoms with Crippen LogP contribution in [0.25, 0.3) is 0 Å². The maximum atomic E-state index is 10.8. The first-order valence-electron chi connectivity index (χ1n) is 8.98. The third kappa shape index (κ3) is 3.14. The van der Waals surface area contributed by atoms with E-state index in [0.29, 0.717) is 5.13 Å². The van der Waals surface area contributed by atoms with Gasteiger partial charge in [0.05, 0.1) is 5.69 Å². The fourth-order valence-corrected chi connectivity index (χ4v) is 5.09. The van der Waals surface area contributed by atoms with Crippen LogP contribution in [0.1, 0.15) is 28.1 Å². The highest BCUT2D eigenvalue weighted by Crippen LogP contribution is 2.46. The summed E-state index contributed by atoms with van der Waals surface area (Å²) in [6.45, 7) is 0.250. The fourth-order valence-electron chi connectivity index (χ4n) is 3.91. The van der Waals surface area contributed by atoms with E-state index in [4.69, 9.17) is 16.0 Å². The number of aromatic nitrogens is 1. The summed E-state index contributed by atoms with van der Waals surface area (Å²) >= 11 is 1.41. The molecule has 0 radical (unpaired) electrons. The highest BCUT2D eigenvalue weighted by Gasteiger charge is 2.39. The van der Waals surface area contributed by atoms with Crippen molar-refractivity contribution in [1.29, 1.82) is 5.41 Å². The largest absolute Gasteiger partial charge is 0.367 e. The van der Waals surface area contributed by atoms with Crippen molar-refractivity contribution in [2.75, 3.05) is 5.06 Å². The highest BCUT2D eigenvalue weighted by atomic mass is 32.1. The summed E-state index contributed by atoms with van der Waals surface area (Å²) in [5, 5.41) is 9.00. The molecule has 7 heteroatoms. The van der Waals surface area contributed by atoms with Crippen LogP contribution in [0.4, 0.5) is 5.13 Å². The van der Waals surface area contributed by atoms with Gasteiger partial charge in [-0.05, 0) is 30.4 Å². The molecule has 0 spiro atoms. The Morgan fingerprint density at radius 3 is 2.29 bits per heavy atom. The van der Waals surface area contributed by atoms with Gasteiger partial charge in [0.1, 0.15) is 0 Å². The Bertz CT molecular complexity index is 949. The molecule has 0 fully saturated rings. The molecule has 0 unspecified atom stereocenters. The molecule has 28 heavy (non-hydrogen) atoms. The molecule has 0 amide bonds. The van der Waals surface area contributed by atoms with E-state index in [0.717, 1.165) is 34.9 Å². The maximum Gasteiger partial charge on any atom is 0.321 e. The van der Waals surface area contributed by atoms with Crippen LogP contribution in [0.15, 0.2) is 60.7 Å². The molecule has 3 N–H and O–H groups in total. The molecule has 3 aromatic rings. The Kier molecular flexibility index (Phi) is 4.83. The molecule has 4 rings (SSSR count). The molecule has 6 nitrogen and oxygen atoms in total. The van der Waals surface area contributed by atoms with Gasteiger partial charge in [-0.2, -0.15) is 0 Å². The van der Waals surface area contributed by atoms with Crippen molar-refractivity contribution in [2.45, 2.75) is 24.7 Å². The molecule has 1 aromatic heterocycles. The zero-order valence-electron chi connectivity index (χ0n) is 15.2. The van der Waals surface area contributed by atoms with Gasteiger partial charge in [0, 0.05) is 10.3 Å². The summed E-state index contributed by atoms with van der Waals surface area (Å²) in [5.41, 5.74) is 8.91. The number of carbonyl (C=O) groups is 1. The minimum absolute atomic E-state index is 0.147. The third-order valence-electron chi connectivity index (χ3n) is 5.21. The van der Waals surface area contributed by atoms with E-state index in [1.165, 1.54) is 22.5 Å². The van der Waals surface area contributed by atoms with Crippen molar-refractivity contribution in [1.82, 2.24) is 4.98 Å². The molecular formula is C21H20N4O2S. The fraction of sp³-hybridized carbons (Fsp3) is 0.190. The molecule has 0 aliphatic heterocycles. The van der Waals surface area contributed by atoms with Gasteiger partial charge in [0.25, 0.3) is 0 Å². The zero-order chi connectivity index (χ0) is 19.6. The SMILES string of the molecule is N=C(N)N(OC=O)c1nc2c(s1)CC(c1ccccc1)(c1ccccc1)CC2. The topological polar surface area (TPSA) is 92.3 Å². The lowest BCUT2D eigenvalue weighted by molar-refractivity contribution is -0.128. The van der Waals surface area contributed by atoms with E-state index >= 15 is 0 Å². The summed E-state index contributed by atoms with van der Waals surface area (Å²) in [5.74, 6) is -0.379. The minimum Gasteiger partial charge on any atom is -0.367 e. The van der Waals surface area contributed by atoms with E-state index in [1.54, 1.807) is 0 Å². The Morgan fingerprint density at radius 2 is 1.75 bits per heavy atom. The lowest BCUT2D eigenvalue weighted by atomic mass is 9.66. The first-order chi connectivity index (χ1) is 13.6. The van der Waals surface area contributed by atoms with Crippen LogP contribution in [0.5, 0.6) is 0 Å². The number of anilines is 1. The Balaban J connectivity index is 1.78. The van der Waals surface area contributed by atoms with Gasteiger partial charge in [-0.25, -0.2) is 4.98 Å². The van der Waals surface area contributed by atoms with Gasteiger partial charge in [0.2, 0.25) is 11.1 Å². The van der Waals surface area contributed by atoms with E-state index in [-0.39, 0.29) is 17.8 Å². The highest BCUT2D eigenvalue weighted by molar-refractivity contribution is 7.15. The van der Waals surface area contributed by atoms with E-state index in [1.807, 2.05) is 12.1 Å². The van der Waals surface area contributed by atoms with Crippen molar-refractivity contribution in [3.8, 4) is 0 Å². The van der Waals surface area contributed by atoms with Crippen molar-refractivity contribution in [3.63, 3.8) is 0 Å². The number of nitrogens with zero attached hydrogens (tertiary/aromatic N) is 2. The molecule has 0 bridgehead atoms. The first-order valence-corrected chi connectivity index (χ1v) is 9.80. The average Bonchev–Trinajstić information content (AvgIpc) is 3.15. The van der Waals surface area contributed by atoms with Crippen LogP contribution in [0.3, 0.4) is 0 Å². The standard InChI is InChI=1S/C21H20N4O2S/c22-19(23)25(27-14-26)20-24-17-11-12-21(13-18(17)28-20,15-7-3-1-4-8-15)16-9-5-2-6-10-16/h1-10,14H,11-13H2,(H3,22,23). The van der Waals surface area contributed by atoms with E-state index in [9.17, 15) is 4.79 Å². The number of hydrogen-bond donors (Lipinski definition) is 2. The number of hydroxylamine groups is 1. The van der Waals surface area contributed by atoms with Crippen LogP contribution in [-0.4, -0.2) is 17.4 Å². The Hall–Kier alpha value is -3.19. The molecule has 2 aromatic carbocycles. The van der Waals surface area contributed by atoms with Crippen molar-refractivity contribution < 1.29 is 9.63 Å². The van der Waals surface area contributed by atoms with E-state index in [2.05, 4.69) is 53.5 Å². The normalized spacial score (nSPS) is 14.7. The number of thiazole rings is 1. The van der Waals surface area contributed by atoms with Gasteiger partial charge >= 0.3 is 6.47 Å². The van der Waals surface area contributed by atoms with E-state index < -0.39 is 0 Å². The van der Waals surface area contributed by atoms with Crippen molar-refractivity contribution in [3.05, 3.63) is 82.4 Å². The number of nitrogens with one attached hydrogen (secondary N) is 1. The van der Waals surface area contributed by atoms with Gasteiger partial charge in [0.15, 0.2) is 0 Å². The number of aryl methyl sites for hydroxylation is 1. The van der Waals surface area contributed by atoms with Crippen LogP contribution >= 0.6 is 11.3 Å². The number of rotatable bonds is 5. The second-order valence-corrected chi connectivity index (χ2v) is 7.80. The van der Waals surface area contributed by atoms with Gasteiger partial charge in [-0.15, -0.1) is 5.06 Å². The molecule has 142 valence electrons. The monoisotopic (exact) mass is 392 g/mol. The number of fused-ring (bicyclic) bond motifs is 1. The Labute approximate surface area is 167 Å². The minimum atomic E-state index is -0.379. The number of hydrogen-bond acceptors (Lipinski definition) is 5. The average molecular weight is 392 g/mol. The number of guanidine groups is 1. The van der Waals surface area contributed by atoms with Crippen molar-refractivity contribution >= 4 is 28.9 Å². The maximum absolute atomic E-state index is 10.8. The number of benzene rings is 2. The quantitative estimate of drug-likeness (QED) is 0.300. The van der Waals surface area contributed by atoms with Crippen LogP contribution in [0, 0.1) is 5.41 Å². The Morgan fingerprint density at radius 1 is 1.14 bits per heavy atom. The predicted molar refractivity (Wildman–Crippen MR) is 109 cm³/mol. The van der Waals surface area contributed by atoms with Crippen LogP contribution in [-0.2, 0) is 27.9 Å². The summed E-state index contributed by atoms with van der Waals surface area (Å²) in [6.07, 6.45) is 2.51. The van der Waals surface area contributed by atoms with Crippen LogP contribution in [0.2, 0.25) is 0 Å². The predicted octanol–water partition coefficient (Wildman–Crippen LogP) is 3.41.